The fourth-order valence-corrected chi connectivity index (χ4v) is 4.38. The number of nitrogens with zero attached hydrogens (tertiary/aromatic N) is 2. The maximum Gasteiger partial charge on any atom is 0.319 e. The summed E-state index contributed by atoms with van der Waals surface area (Å²) < 4.78 is 35.7. The molecular formula is C24H24N4O5S2. The van der Waals surface area contributed by atoms with Gasteiger partial charge >= 0.3 is 6.01 Å². The number of carbonyl (C=O) groups is 1. The molecule has 0 aliphatic heterocycles. The molecule has 3 rings (SSSR count). The number of thiocarbonyl (C=S) groups is 1. The second-order valence-corrected chi connectivity index (χ2v) is 9.76. The van der Waals surface area contributed by atoms with Crippen LogP contribution in [-0.4, -0.2) is 43.6 Å². The SMILES string of the molecule is COc1cc(CS(=O)(=O)c2ccc(NC(=S)NC(=O)/C=C/c3ccc(C)cc3)cc2)nc(OC)n1. The van der Waals surface area contributed by atoms with E-state index in [0.717, 1.165) is 11.1 Å². The number of ether oxygens (including phenoxy) is 2. The van der Waals surface area contributed by atoms with Crippen molar-refractivity contribution in [2.75, 3.05) is 19.5 Å². The molecule has 0 aliphatic carbocycles. The number of hydrogen-bond donors (Lipinski definition) is 2. The van der Waals surface area contributed by atoms with E-state index in [1.807, 2.05) is 31.2 Å². The maximum atomic E-state index is 12.8. The molecular weight excluding hydrogens is 488 g/mol. The summed E-state index contributed by atoms with van der Waals surface area (Å²) >= 11 is 5.17. The van der Waals surface area contributed by atoms with Gasteiger partial charge < -0.3 is 14.8 Å². The van der Waals surface area contributed by atoms with Crippen molar-refractivity contribution in [1.29, 1.82) is 0 Å². The lowest BCUT2D eigenvalue weighted by Gasteiger charge is -2.10. The van der Waals surface area contributed by atoms with E-state index in [1.165, 1.54) is 38.5 Å². The number of anilines is 1. The van der Waals surface area contributed by atoms with Gasteiger partial charge in [0.05, 0.1) is 30.6 Å². The van der Waals surface area contributed by atoms with Crippen molar-refractivity contribution in [1.82, 2.24) is 15.3 Å². The standard InChI is InChI=1S/C24H24N4O5S2/c1-16-4-6-17(7-5-16)8-13-21(29)27-24(34)26-18-9-11-20(12-10-18)35(30,31)15-19-14-22(32-2)28-23(25-19)33-3/h4-14H,15H2,1-3H3,(H2,26,27,29,34)/b13-8+. The lowest BCUT2D eigenvalue weighted by Crippen LogP contribution is -2.32. The van der Waals surface area contributed by atoms with Crippen LogP contribution in [0, 0.1) is 6.92 Å². The Bertz CT molecular complexity index is 1320. The number of benzene rings is 2. The van der Waals surface area contributed by atoms with Gasteiger partial charge in [-0.1, -0.05) is 29.8 Å². The fourth-order valence-electron chi connectivity index (χ4n) is 2.91. The summed E-state index contributed by atoms with van der Waals surface area (Å²) in [5, 5.41) is 5.48. The van der Waals surface area contributed by atoms with Gasteiger partial charge in [0.1, 0.15) is 0 Å². The minimum atomic E-state index is -3.70. The Balaban J connectivity index is 1.60. The smallest absolute Gasteiger partial charge is 0.319 e. The van der Waals surface area contributed by atoms with E-state index in [4.69, 9.17) is 21.7 Å². The molecule has 0 saturated heterocycles. The van der Waals surface area contributed by atoms with Crippen LogP contribution in [0.15, 0.2) is 65.6 Å². The van der Waals surface area contributed by atoms with Crippen LogP contribution in [0.1, 0.15) is 16.8 Å². The molecule has 0 aliphatic rings. The van der Waals surface area contributed by atoms with Crippen molar-refractivity contribution in [3.05, 3.63) is 77.5 Å². The van der Waals surface area contributed by atoms with Gasteiger partial charge in [0.25, 0.3) is 0 Å². The molecule has 1 amide bonds. The highest BCUT2D eigenvalue weighted by Gasteiger charge is 2.18. The molecule has 3 aromatic rings. The number of aryl methyl sites for hydroxylation is 1. The van der Waals surface area contributed by atoms with Gasteiger partial charge in [-0.05, 0) is 55.0 Å². The third-order valence-electron chi connectivity index (χ3n) is 4.68. The lowest BCUT2D eigenvalue weighted by molar-refractivity contribution is -0.115. The van der Waals surface area contributed by atoms with Gasteiger partial charge in [-0.3, -0.25) is 10.1 Å². The zero-order valence-corrected chi connectivity index (χ0v) is 20.9. The molecule has 0 bridgehead atoms. The molecule has 0 fully saturated rings. The zero-order valence-electron chi connectivity index (χ0n) is 19.3. The normalized spacial score (nSPS) is 11.2. The van der Waals surface area contributed by atoms with Crippen LogP contribution in [-0.2, 0) is 20.4 Å². The minimum absolute atomic E-state index is 0.0124. The summed E-state index contributed by atoms with van der Waals surface area (Å²) in [5.41, 5.74) is 2.77. The first-order valence-electron chi connectivity index (χ1n) is 10.3. The molecule has 0 unspecified atom stereocenters. The number of hydrogen-bond acceptors (Lipinski definition) is 8. The minimum Gasteiger partial charge on any atom is -0.481 e. The predicted molar refractivity (Wildman–Crippen MR) is 137 cm³/mol. The number of methoxy groups -OCH3 is 2. The molecule has 1 heterocycles. The molecule has 9 nitrogen and oxygen atoms in total. The van der Waals surface area contributed by atoms with Gasteiger partial charge in [0.15, 0.2) is 14.9 Å². The van der Waals surface area contributed by atoms with Crippen LogP contribution >= 0.6 is 12.2 Å². The summed E-state index contributed by atoms with van der Waals surface area (Å²) in [6.45, 7) is 1.99. The molecule has 2 N–H and O–H groups in total. The Hall–Kier alpha value is -3.83. The highest BCUT2D eigenvalue weighted by atomic mass is 32.2. The monoisotopic (exact) mass is 512 g/mol. The Morgan fingerprint density at radius 2 is 1.71 bits per heavy atom. The van der Waals surface area contributed by atoms with Crippen molar-refractivity contribution in [3.8, 4) is 11.9 Å². The number of carbonyl (C=O) groups excluding carboxylic acids is 1. The molecule has 11 heteroatoms. The second kappa shape index (κ2) is 11.5. The van der Waals surface area contributed by atoms with Crippen LogP contribution in [0.2, 0.25) is 0 Å². The Kier molecular flexibility index (Phi) is 8.50. The van der Waals surface area contributed by atoms with Crippen molar-refractivity contribution < 1.29 is 22.7 Å². The van der Waals surface area contributed by atoms with Crippen LogP contribution < -0.4 is 20.1 Å². The van der Waals surface area contributed by atoms with Gasteiger partial charge in [-0.15, -0.1) is 0 Å². The van der Waals surface area contributed by atoms with Gasteiger partial charge in [-0.2, -0.15) is 9.97 Å². The molecule has 0 radical (unpaired) electrons. The fraction of sp³-hybridized carbons (Fsp3) is 0.167. The average molecular weight is 513 g/mol. The quantitative estimate of drug-likeness (QED) is 0.346. The number of rotatable bonds is 8. The van der Waals surface area contributed by atoms with Crippen molar-refractivity contribution in [2.24, 2.45) is 0 Å². The molecule has 1 aromatic heterocycles. The first-order valence-corrected chi connectivity index (χ1v) is 12.4. The van der Waals surface area contributed by atoms with Gasteiger partial charge in [0, 0.05) is 17.8 Å². The topological polar surface area (TPSA) is 120 Å². The summed E-state index contributed by atoms with van der Waals surface area (Å²) in [5.74, 6) is -0.555. The lowest BCUT2D eigenvalue weighted by atomic mass is 10.1. The highest BCUT2D eigenvalue weighted by Crippen LogP contribution is 2.21. The first-order chi connectivity index (χ1) is 16.7. The van der Waals surface area contributed by atoms with E-state index >= 15 is 0 Å². The first kappa shape index (κ1) is 25.8. The highest BCUT2D eigenvalue weighted by molar-refractivity contribution is 7.90. The largest absolute Gasteiger partial charge is 0.481 e. The Morgan fingerprint density at radius 1 is 1.03 bits per heavy atom. The van der Waals surface area contributed by atoms with Crippen LogP contribution in [0.3, 0.4) is 0 Å². The van der Waals surface area contributed by atoms with E-state index in [1.54, 1.807) is 18.2 Å². The number of amides is 1. The van der Waals surface area contributed by atoms with Crippen molar-refractivity contribution >= 4 is 44.8 Å². The van der Waals surface area contributed by atoms with Crippen LogP contribution in [0.4, 0.5) is 5.69 Å². The number of aromatic nitrogens is 2. The Morgan fingerprint density at radius 3 is 2.34 bits per heavy atom. The van der Waals surface area contributed by atoms with Crippen LogP contribution in [0.25, 0.3) is 6.08 Å². The van der Waals surface area contributed by atoms with E-state index < -0.39 is 15.7 Å². The third-order valence-corrected chi connectivity index (χ3v) is 6.55. The predicted octanol–water partition coefficient (Wildman–Crippen LogP) is 3.30. The average Bonchev–Trinajstić information content (AvgIpc) is 2.83. The maximum absolute atomic E-state index is 12.8. The second-order valence-electron chi connectivity index (χ2n) is 7.36. The van der Waals surface area contributed by atoms with E-state index in [2.05, 4.69) is 20.6 Å². The molecule has 182 valence electrons. The Labute approximate surface area is 209 Å². The summed E-state index contributed by atoms with van der Waals surface area (Å²) in [7, 11) is -0.908. The third kappa shape index (κ3) is 7.59. The molecule has 0 atom stereocenters. The zero-order chi connectivity index (χ0) is 25.4. The number of nitrogens with one attached hydrogen (secondary N) is 2. The number of sulfone groups is 1. The van der Waals surface area contributed by atoms with E-state index in [0.29, 0.717) is 5.69 Å². The molecule has 0 saturated carbocycles. The molecule has 35 heavy (non-hydrogen) atoms. The summed E-state index contributed by atoms with van der Waals surface area (Å²) in [6, 6.07) is 15.1. The molecule has 0 spiro atoms. The molecule has 2 aromatic carbocycles. The van der Waals surface area contributed by atoms with Crippen molar-refractivity contribution in [3.63, 3.8) is 0 Å². The van der Waals surface area contributed by atoms with E-state index in [9.17, 15) is 13.2 Å². The van der Waals surface area contributed by atoms with Crippen LogP contribution in [0.5, 0.6) is 11.9 Å². The van der Waals surface area contributed by atoms with Gasteiger partial charge in [-0.25, -0.2) is 8.42 Å². The summed E-state index contributed by atoms with van der Waals surface area (Å²) in [6.07, 6.45) is 3.06. The van der Waals surface area contributed by atoms with E-state index in [-0.39, 0.29) is 33.3 Å². The van der Waals surface area contributed by atoms with Crippen molar-refractivity contribution in [2.45, 2.75) is 17.6 Å². The van der Waals surface area contributed by atoms with Gasteiger partial charge in [0.2, 0.25) is 11.8 Å². The summed E-state index contributed by atoms with van der Waals surface area (Å²) in [4.78, 5) is 20.2.